The second-order valence-corrected chi connectivity index (χ2v) is 6.40. The molecule has 3 N–H and O–H groups in total. The maximum Gasteiger partial charge on any atom is 0.321 e. The summed E-state index contributed by atoms with van der Waals surface area (Å²) < 4.78 is 5.11. The highest BCUT2D eigenvalue weighted by Crippen LogP contribution is 2.04. The number of carbonyl (C=O) groups is 3. The molecule has 1 aliphatic heterocycles. The van der Waals surface area contributed by atoms with E-state index in [1.54, 1.807) is 29.2 Å². The van der Waals surface area contributed by atoms with Crippen LogP contribution < -0.4 is 15.5 Å². The van der Waals surface area contributed by atoms with Gasteiger partial charge in [0.2, 0.25) is 0 Å². The minimum atomic E-state index is -0.548. The molecule has 0 bridgehead atoms. The van der Waals surface area contributed by atoms with Gasteiger partial charge in [-0.25, -0.2) is 4.79 Å². The summed E-state index contributed by atoms with van der Waals surface area (Å²) in [5.74, 6) is 0.281. The fraction of sp³-hybridized carbons (Fsp3) is 0.316. The number of hydrogen-bond acceptors (Lipinski definition) is 4. The van der Waals surface area contributed by atoms with Crippen LogP contribution in [0.1, 0.15) is 16.1 Å². The van der Waals surface area contributed by atoms with Gasteiger partial charge >= 0.3 is 6.03 Å². The second kappa shape index (κ2) is 9.00. The highest BCUT2D eigenvalue weighted by molar-refractivity contribution is 5.95. The quantitative estimate of drug-likeness (QED) is 0.669. The number of nitrogens with one attached hydrogen (secondary N) is 3. The normalized spacial score (nSPS) is 14.6. The minimum Gasteiger partial charge on any atom is -0.467 e. The Morgan fingerprint density at radius 1 is 1.04 bits per heavy atom. The number of carbonyl (C=O) groups excluding carboxylic acids is 3. The van der Waals surface area contributed by atoms with Crippen molar-refractivity contribution in [1.82, 2.24) is 15.5 Å². The molecule has 1 aromatic carbocycles. The van der Waals surface area contributed by atoms with Gasteiger partial charge in [0.15, 0.2) is 6.54 Å². The van der Waals surface area contributed by atoms with Crippen LogP contribution in [0.5, 0.6) is 0 Å². The Labute approximate surface area is 157 Å². The standard InChI is InChI=1S/C19H22N4O4/c24-17(21-19(26)20-13-16-7-4-12-27-16)14-22-8-10-23(11-9-22)18(25)15-5-2-1-3-6-15/h1-7,12H,8-11,13-14H2,(H2,20,21,24,26)/p+1. The molecule has 1 fully saturated rings. The lowest BCUT2D eigenvalue weighted by molar-refractivity contribution is -0.895. The summed E-state index contributed by atoms with van der Waals surface area (Å²) in [7, 11) is 0. The molecular formula is C19H23N4O4+. The van der Waals surface area contributed by atoms with E-state index in [2.05, 4.69) is 10.6 Å². The number of benzene rings is 1. The van der Waals surface area contributed by atoms with Crippen molar-refractivity contribution in [2.45, 2.75) is 6.54 Å². The number of urea groups is 1. The largest absolute Gasteiger partial charge is 0.467 e. The van der Waals surface area contributed by atoms with Crippen LogP contribution >= 0.6 is 0 Å². The van der Waals surface area contributed by atoms with Gasteiger partial charge in [0, 0.05) is 5.56 Å². The number of nitrogens with zero attached hydrogens (tertiary/aromatic N) is 1. The SMILES string of the molecule is O=C(C[NH+]1CCN(C(=O)c2ccccc2)CC1)NC(=O)NCc1ccco1. The van der Waals surface area contributed by atoms with E-state index in [0.717, 1.165) is 4.90 Å². The lowest BCUT2D eigenvalue weighted by Crippen LogP contribution is -3.15. The van der Waals surface area contributed by atoms with Gasteiger partial charge in [0.05, 0.1) is 39.0 Å². The van der Waals surface area contributed by atoms with E-state index in [9.17, 15) is 14.4 Å². The Morgan fingerprint density at radius 3 is 2.44 bits per heavy atom. The Hall–Kier alpha value is -3.13. The van der Waals surface area contributed by atoms with E-state index in [1.165, 1.54) is 6.26 Å². The van der Waals surface area contributed by atoms with Crippen molar-refractivity contribution in [1.29, 1.82) is 0 Å². The van der Waals surface area contributed by atoms with Gasteiger partial charge in [-0.1, -0.05) is 18.2 Å². The molecule has 8 nitrogen and oxygen atoms in total. The van der Waals surface area contributed by atoms with Crippen LogP contribution in [-0.4, -0.2) is 55.5 Å². The van der Waals surface area contributed by atoms with Crippen LogP contribution in [0.2, 0.25) is 0 Å². The first-order valence-electron chi connectivity index (χ1n) is 8.90. The average Bonchev–Trinajstić information content (AvgIpc) is 3.21. The number of amides is 4. The topological polar surface area (TPSA) is 96.1 Å². The predicted molar refractivity (Wildman–Crippen MR) is 97.0 cm³/mol. The first-order chi connectivity index (χ1) is 13.1. The number of rotatable bonds is 5. The van der Waals surface area contributed by atoms with E-state index in [1.807, 2.05) is 18.2 Å². The van der Waals surface area contributed by atoms with Gasteiger partial charge in [-0.15, -0.1) is 0 Å². The molecule has 0 radical (unpaired) electrons. The number of quaternary nitrogens is 1. The minimum absolute atomic E-state index is 0.0106. The van der Waals surface area contributed by atoms with Crippen molar-refractivity contribution in [3.05, 3.63) is 60.1 Å². The van der Waals surface area contributed by atoms with Crippen molar-refractivity contribution in [3.8, 4) is 0 Å². The Balaban J connectivity index is 1.37. The molecule has 4 amide bonds. The third-order valence-corrected chi connectivity index (χ3v) is 4.45. The molecular weight excluding hydrogens is 348 g/mol. The summed E-state index contributed by atoms with van der Waals surface area (Å²) in [5, 5.41) is 4.88. The summed E-state index contributed by atoms with van der Waals surface area (Å²) >= 11 is 0. The van der Waals surface area contributed by atoms with Crippen molar-refractivity contribution in [2.75, 3.05) is 32.7 Å². The van der Waals surface area contributed by atoms with E-state index in [-0.39, 0.29) is 24.9 Å². The molecule has 142 valence electrons. The third kappa shape index (κ3) is 5.42. The van der Waals surface area contributed by atoms with Crippen molar-refractivity contribution < 1.29 is 23.7 Å². The van der Waals surface area contributed by atoms with E-state index >= 15 is 0 Å². The number of piperazine rings is 1. The van der Waals surface area contributed by atoms with Crippen molar-refractivity contribution >= 4 is 17.8 Å². The van der Waals surface area contributed by atoms with Crippen molar-refractivity contribution in [3.63, 3.8) is 0 Å². The fourth-order valence-electron chi connectivity index (χ4n) is 2.99. The summed E-state index contributed by atoms with van der Waals surface area (Å²) in [6.07, 6.45) is 1.52. The van der Waals surface area contributed by atoms with Gasteiger partial charge in [0.25, 0.3) is 11.8 Å². The third-order valence-electron chi connectivity index (χ3n) is 4.45. The molecule has 27 heavy (non-hydrogen) atoms. The smallest absolute Gasteiger partial charge is 0.321 e. The summed E-state index contributed by atoms with van der Waals surface area (Å²) in [4.78, 5) is 39.0. The van der Waals surface area contributed by atoms with Gasteiger partial charge in [0.1, 0.15) is 5.76 Å². The van der Waals surface area contributed by atoms with Gasteiger partial charge in [-0.05, 0) is 24.3 Å². The molecule has 1 aliphatic rings. The summed E-state index contributed by atoms with van der Waals surface area (Å²) in [5.41, 5.74) is 0.673. The molecule has 0 unspecified atom stereocenters. The number of hydrogen-bond donors (Lipinski definition) is 3. The first-order valence-corrected chi connectivity index (χ1v) is 8.90. The Morgan fingerprint density at radius 2 is 1.78 bits per heavy atom. The van der Waals surface area contributed by atoms with E-state index in [0.29, 0.717) is 37.5 Å². The zero-order valence-electron chi connectivity index (χ0n) is 14.9. The molecule has 0 saturated carbocycles. The molecule has 3 rings (SSSR count). The first kappa shape index (κ1) is 18.7. The number of furan rings is 1. The average molecular weight is 371 g/mol. The maximum absolute atomic E-state index is 12.4. The zero-order valence-corrected chi connectivity index (χ0v) is 14.9. The summed E-state index contributed by atoms with van der Waals surface area (Å²) in [6.45, 7) is 2.92. The van der Waals surface area contributed by atoms with Gasteiger partial charge < -0.3 is 19.5 Å². The highest BCUT2D eigenvalue weighted by Gasteiger charge is 2.26. The van der Waals surface area contributed by atoms with Gasteiger partial charge in [-0.3, -0.25) is 14.9 Å². The highest BCUT2D eigenvalue weighted by atomic mass is 16.3. The second-order valence-electron chi connectivity index (χ2n) is 6.40. The van der Waals surface area contributed by atoms with Crippen LogP contribution in [-0.2, 0) is 11.3 Å². The maximum atomic E-state index is 12.4. The zero-order chi connectivity index (χ0) is 19.1. The lowest BCUT2D eigenvalue weighted by atomic mass is 10.2. The van der Waals surface area contributed by atoms with Crippen LogP contribution in [0, 0.1) is 0 Å². The molecule has 8 heteroatoms. The molecule has 0 aliphatic carbocycles. The lowest BCUT2D eigenvalue weighted by Gasteiger charge is -2.31. The molecule has 0 atom stereocenters. The summed E-state index contributed by atoms with van der Waals surface area (Å²) in [6, 6.07) is 12.1. The molecule has 1 saturated heterocycles. The van der Waals surface area contributed by atoms with E-state index < -0.39 is 6.03 Å². The van der Waals surface area contributed by atoms with Crippen LogP contribution in [0.15, 0.2) is 53.1 Å². The van der Waals surface area contributed by atoms with Crippen molar-refractivity contribution in [2.24, 2.45) is 0 Å². The van der Waals surface area contributed by atoms with Crippen LogP contribution in [0.4, 0.5) is 4.79 Å². The molecule has 1 aromatic heterocycles. The number of imide groups is 1. The van der Waals surface area contributed by atoms with Crippen LogP contribution in [0.25, 0.3) is 0 Å². The van der Waals surface area contributed by atoms with Gasteiger partial charge in [-0.2, -0.15) is 0 Å². The Kier molecular flexibility index (Phi) is 6.22. The molecule has 2 aromatic rings. The molecule has 2 heterocycles. The van der Waals surface area contributed by atoms with Crippen LogP contribution in [0.3, 0.4) is 0 Å². The Bertz CT molecular complexity index is 768. The van der Waals surface area contributed by atoms with E-state index in [4.69, 9.17) is 4.42 Å². The molecule has 0 spiro atoms. The fourth-order valence-corrected chi connectivity index (χ4v) is 2.99. The predicted octanol–water partition coefficient (Wildman–Crippen LogP) is -0.354. The monoisotopic (exact) mass is 371 g/mol.